The highest BCUT2D eigenvalue weighted by Gasteiger charge is 2.12. The molecule has 114 valence electrons. The minimum Gasteiger partial charge on any atom is -0.467 e. The average Bonchev–Trinajstić information content (AvgIpc) is 2.49. The Labute approximate surface area is 120 Å². The number of hydrogen-bond acceptors (Lipinski definition) is 7. The molecule has 0 aliphatic rings. The van der Waals surface area contributed by atoms with Gasteiger partial charge in [-0.25, -0.2) is 0 Å². The molecule has 1 heterocycles. The quantitative estimate of drug-likeness (QED) is 0.653. The van der Waals surface area contributed by atoms with Crippen LogP contribution in [0.25, 0.3) is 0 Å². The van der Waals surface area contributed by atoms with Gasteiger partial charge in [-0.3, -0.25) is 0 Å². The van der Waals surface area contributed by atoms with Crippen molar-refractivity contribution in [3.8, 4) is 6.01 Å². The maximum Gasteiger partial charge on any atom is 0.322 e. The van der Waals surface area contributed by atoms with Crippen molar-refractivity contribution in [3.63, 3.8) is 0 Å². The van der Waals surface area contributed by atoms with Gasteiger partial charge < -0.3 is 19.7 Å². The molecule has 0 bridgehead atoms. The van der Waals surface area contributed by atoms with Crippen LogP contribution < -0.4 is 15.0 Å². The lowest BCUT2D eigenvalue weighted by molar-refractivity contribution is 0.153. The van der Waals surface area contributed by atoms with Crippen LogP contribution in [0.2, 0.25) is 0 Å². The lowest BCUT2D eigenvalue weighted by atomic mass is 10.5. The smallest absolute Gasteiger partial charge is 0.322 e. The molecule has 0 saturated heterocycles. The number of nitrogens with zero attached hydrogens (tertiary/aromatic N) is 4. The number of anilines is 2. The zero-order valence-corrected chi connectivity index (χ0v) is 12.8. The third-order valence-electron chi connectivity index (χ3n) is 2.69. The Balaban J connectivity index is 2.83. The van der Waals surface area contributed by atoms with Gasteiger partial charge in [0.25, 0.3) is 0 Å². The van der Waals surface area contributed by atoms with E-state index in [1.807, 2.05) is 11.8 Å². The van der Waals surface area contributed by atoms with Gasteiger partial charge >= 0.3 is 6.01 Å². The SMILES string of the molecule is CCCNc1nc(OC)nc(N(CC)CCOCC)n1. The fourth-order valence-corrected chi connectivity index (χ4v) is 1.61. The first-order valence-electron chi connectivity index (χ1n) is 7.11. The van der Waals surface area contributed by atoms with E-state index in [2.05, 4.69) is 34.1 Å². The molecule has 7 heteroatoms. The second kappa shape index (κ2) is 9.30. The van der Waals surface area contributed by atoms with E-state index in [1.165, 1.54) is 0 Å². The van der Waals surface area contributed by atoms with E-state index in [-0.39, 0.29) is 0 Å². The number of nitrogens with one attached hydrogen (secondary N) is 1. The van der Waals surface area contributed by atoms with Crippen molar-refractivity contribution in [2.45, 2.75) is 27.2 Å². The molecule has 0 aromatic carbocycles. The summed E-state index contributed by atoms with van der Waals surface area (Å²) in [7, 11) is 1.55. The molecule has 1 aromatic heterocycles. The average molecular weight is 283 g/mol. The Morgan fingerprint density at radius 1 is 1.15 bits per heavy atom. The summed E-state index contributed by atoms with van der Waals surface area (Å²) in [5.74, 6) is 1.15. The van der Waals surface area contributed by atoms with E-state index in [9.17, 15) is 0 Å². The Morgan fingerprint density at radius 3 is 2.55 bits per heavy atom. The summed E-state index contributed by atoms with van der Waals surface area (Å²) in [6, 6.07) is 0.323. The van der Waals surface area contributed by atoms with E-state index in [1.54, 1.807) is 7.11 Å². The van der Waals surface area contributed by atoms with E-state index in [0.29, 0.717) is 31.1 Å². The van der Waals surface area contributed by atoms with Gasteiger partial charge in [-0.15, -0.1) is 0 Å². The van der Waals surface area contributed by atoms with Gasteiger partial charge in [-0.05, 0) is 20.3 Å². The van der Waals surface area contributed by atoms with Crippen molar-refractivity contribution in [2.75, 3.05) is 50.2 Å². The van der Waals surface area contributed by atoms with Crippen LogP contribution in [0.4, 0.5) is 11.9 Å². The highest BCUT2D eigenvalue weighted by atomic mass is 16.5. The van der Waals surface area contributed by atoms with Gasteiger partial charge in [0.1, 0.15) is 0 Å². The normalized spacial score (nSPS) is 10.4. The van der Waals surface area contributed by atoms with Gasteiger partial charge in [-0.1, -0.05) is 6.92 Å². The molecular formula is C13H25N5O2. The maximum absolute atomic E-state index is 5.38. The molecule has 20 heavy (non-hydrogen) atoms. The molecule has 0 amide bonds. The second-order valence-electron chi connectivity index (χ2n) is 4.15. The minimum atomic E-state index is 0.323. The molecule has 0 fully saturated rings. The van der Waals surface area contributed by atoms with Gasteiger partial charge in [0, 0.05) is 26.2 Å². The molecule has 1 N–H and O–H groups in total. The van der Waals surface area contributed by atoms with Crippen LogP contribution in [-0.4, -0.2) is 54.9 Å². The highest BCUT2D eigenvalue weighted by molar-refractivity contribution is 5.38. The lowest BCUT2D eigenvalue weighted by Gasteiger charge is -2.21. The molecule has 0 spiro atoms. The van der Waals surface area contributed by atoms with Crippen LogP contribution in [0.15, 0.2) is 0 Å². The highest BCUT2D eigenvalue weighted by Crippen LogP contribution is 2.14. The number of likely N-dealkylation sites (N-methyl/N-ethyl adjacent to an activating group) is 1. The molecule has 1 rings (SSSR count). The van der Waals surface area contributed by atoms with Crippen molar-refractivity contribution < 1.29 is 9.47 Å². The van der Waals surface area contributed by atoms with Crippen LogP contribution in [0, 0.1) is 0 Å². The summed E-state index contributed by atoms with van der Waals surface area (Å²) in [6.45, 7) is 9.84. The van der Waals surface area contributed by atoms with Crippen molar-refractivity contribution in [3.05, 3.63) is 0 Å². The molecule has 0 aliphatic carbocycles. The van der Waals surface area contributed by atoms with Crippen LogP contribution in [0.1, 0.15) is 27.2 Å². The molecule has 0 unspecified atom stereocenters. The van der Waals surface area contributed by atoms with E-state index in [4.69, 9.17) is 9.47 Å². The third-order valence-corrected chi connectivity index (χ3v) is 2.69. The number of aromatic nitrogens is 3. The maximum atomic E-state index is 5.38. The standard InChI is InChI=1S/C13H25N5O2/c1-5-8-14-11-15-12(17-13(16-11)19-4)18(6-2)9-10-20-7-3/h5-10H2,1-4H3,(H,14,15,16,17). The molecule has 0 aliphatic heterocycles. The largest absolute Gasteiger partial charge is 0.467 e. The predicted molar refractivity (Wildman–Crippen MR) is 79.5 cm³/mol. The zero-order valence-electron chi connectivity index (χ0n) is 12.8. The number of ether oxygens (including phenoxy) is 2. The molecule has 7 nitrogen and oxygen atoms in total. The zero-order chi connectivity index (χ0) is 14.8. The third kappa shape index (κ3) is 5.16. The second-order valence-corrected chi connectivity index (χ2v) is 4.15. The lowest BCUT2D eigenvalue weighted by Crippen LogP contribution is -2.29. The minimum absolute atomic E-state index is 0.323. The van der Waals surface area contributed by atoms with E-state index in [0.717, 1.165) is 26.1 Å². The summed E-state index contributed by atoms with van der Waals surface area (Å²) in [5, 5.41) is 3.16. The van der Waals surface area contributed by atoms with Crippen molar-refractivity contribution >= 4 is 11.9 Å². The Morgan fingerprint density at radius 2 is 1.95 bits per heavy atom. The molecular weight excluding hydrogens is 258 g/mol. The fraction of sp³-hybridized carbons (Fsp3) is 0.769. The molecule has 0 atom stereocenters. The van der Waals surface area contributed by atoms with Gasteiger partial charge in [0.05, 0.1) is 13.7 Å². The summed E-state index contributed by atoms with van der Waals surface area (Å²) >= 11 is 0. The summed E-state index contributed by atoms with van der Waals surface area (Å²) in [6.07, 6.45) is 1.01. The monoisotopic (exact) mass is 283 g/mol. The van der Waals surface area contributed by atoms with Crippen molar-refractivity contribution in [1.29, 1.82) is 0 Å². The first kappa shape index (κ1) is 16.4. The number of rotatable bonds is 10. The van der Waals surface area contributed by atoms with Crippen LogP contribution in [0.3, 0.4) is 0 Å². The first-order chi connectivity index (χ1) is 9.74. The molecule has 0 radical (unpaired) electrons. The van der Waals surface area contributed by atoms with Crippen LogP contribution in [-0.2, 0) is 4.74 Å². The van der Waals surface area contributed by atoms with Gasteiger partial charge in [0.2, 0.25) is 11.9 Å². The van der Waals surface area contributed by atoms with Gasteiger partial charge in [-0.2, -0.15) is 15.0 Å². The Kier molecular flexibility index (Phi) is 7.64. The number of methoxy groups -OCH3 is 1. The summed E-state index contributed by atoms with van der Waals surface area (Å²) in [5.41, 5.74) is 0. The van der Waals surface area contributed by atoms with E-state index < -0.39 is 0 Å². The predicted octanol–water partition coefficient (Wildman–Crippen LogP) is 1.56. The summed E-state index contributed by atoms with van der Waals surface area (Å²) in [4.78, 5) is 14.9. The topological polar surface area (TPSA) is 72.4 Å². The fourth-order valence-electron chi connectivity index (χ4n) is 1.61. The van der Waals surface area contributed by atoms with E-state index >= 15 is 0 Å². The van der Waals surface area contributed by atoms with Crippen LogP contribution >= 0.6 is 0 Å². The van der Waals surface area contributed by atoms with Crippen LogP contribution in [0.5, 0.6) is 6.01 Å². The first-order valence-corrected chi connectivity index (χ1v) is 7.11. The molecule has 1 aromatic rings. The Bertz CT molecular complexity index is 389. The summed E-state index contributed by atoms with van der Waals surface area (Å²) < 4.78 is 10.5. The number of hydrogen-bond donors (Lipinski definition) is 1. The van der Waals surface area contributed by atoms with Gasteiger partial charge in [0.15, 0.2) is 0 Å². The van der Waals surface area contributed by atoms with Crippen molar-refractivity contribution in [1.82, 2.24) is 15.0 Å². The van der Waals surface area contributed by atoms with Crippen molar-refractivity contribution in [2.24, 2.45) is 0 Å². The Hall–Kier alpha value is -1.63. The molecule has 0 saturated carbocycles.